The molecule has 100 valence electrons. The summed E-state index contributed by atoms with van der Waals surface area (Å²) in [5.74, 6) is 2.16. The summed E-state index contributed by atoms with van der Waals surface area (Å²) in [6.07, 6.45) is 3.05. The Morgan fingerprint density at radius 3 is 2.28 bits per heavy atom. The molecule has 0 radical (unpaired) electrons. The number of fused-ring (bicyclic) bond motifs is 1. The molecule has 0 atom stereocenters. The quantitative estimate of drug-likeness (QED) is 0.476. The first-order valence-corrected chi connectivity index (χ1v) is 5.58. The Bertz CT molecular complexity index is 472. The van der Waals surface area contributed by atoms with Crippen molar-refractivity contribution in [3.8, 4) is 17.2 Å². The molecule has 5 heteroatoms. The van der Waals surface area contributed by atoms with Crippen LogP contribution in [0, 0.1) is 0 Å². The molecule has 0 spiro atoms. The molecular formula is C13H18INO3. The van der Waals surface area contributed by atoms with E-state index in [4.69, 9.17) is 14.2 Å². The number of rotatable bonds is 3. The summed E-state index contributed by atoms with van der Waals surface area (Å²) < 4.78 is 18.3. The van der Waals surface area contributed by atoms with Crippen molar-refractivity contribution in [1.82, 2.24) is 0 Å². The summed E-state index contributed by atoms with van der Waals surface area (Å²) >= 11 is 0. The number of hydrogen-bond acceptors (Lipinski definition) is 3. The van der Waals surface area contributed by atoms with E-state index < -0.39 is 0 Å². The van der Waals surface area contributed by atoms with Gasteiger partial charge in [-0.25, -0.2) is 4.58 Å². The lowest BCUT2D eigenvalue weighted by Gasteiger charge is -2.19. The van der Waals surface area contributed by atoms with Gasteiger partial charge in [0.15, 0.2) is 17.7 Å². The minimum atomic E-state index is 0. The second kappa shape index (κ2) is 6.26. The highest BCUT2D eigenvalue weighted by Gasteiger charge is 2.24. The van der Waals surface area contributed by atoms with E-state index in [-0.39, 0.29) is 24.0 Å². The number of methoxy groups -OCH3 is 3. The summed E-state index contributed by atoms with van der Waals surface area (Å²) in [5, 5.41) is 0. The Balaban J connectivity index is 0.00000162. The Hall–Kier alpha value is -0.980. The van der Waals surface area contributed by atoms with Gasteiger partial charge in [0.05, 0.1) is 21.3 Å². The minimum Gasteiger partial charge on any atom is -1.00 e. The van der Waals surface area contributed by atoms with Crippen LogP contribution in [0.5, 0.6) is 17.2 Å². The fourth-order valence-corrected chi connectivity index (χ4v) is 2.20. The van der Waals surface area contributed by atoms with Crippen LogP contribution >= 0.6 is 0 Å². The smallest absolute Gasteiger partial charge is 0.203 e. The maximum absolute atomic E-state index is 5.47. The SMILES string of the molecule is COc1cc2c(c(OC)c1OC)CC[N+](C)=C2.[I-]. The van der Waals surface area contributed by atoms with Crippen molar-refractivity contribution in [2.24, 2.45) is 0 Å². The molecule has 0 unspecified atom stereocenters. The highest BCUT2D eigenvalue weighted by molar-refractivity contribution is 5.83. The predicted octanol–water partition coefficient (Wildman–Crippen LogP) is -1.67. The lowest BCUT2D eigenvalue weighted by molar-refractivity contribution is -0.493. The normalized spacial score (nSPS) is 13.0. The summed E-state index contributed by atoms with van der Waals surface area (Å²) in [4.78, 5) is 0. The van der Waals surface area contributed by atoms with Crippen LogP contribution in [0.4, 0.5) is 0 Å². The third kappa shape index (κ3) is 2.55. The summed E-state index contributed by atoms with van der Waals surface area (Å²) in [6, 6.07) is 1.99. The third-order valence-corrected chi connectivity index (χ3v) is 3.04. The first-order valence-electron chi connectivity index (χ1n) is 5.58. The van der Waals surface area contributed by atoms with Crippen molar-refractivity contribution in [2.75, 3.05) is 34.9 Å². The van der Waals surface area contributed by atoms with E-state index in [2.05, 4.69) is 17.8 Å². The van der Waals surface area contributed by atoms with Crippen LogP contribution in [-0.2, 0) is 6.42 Å². The van der Waals surface area contributed by atoms with Crippen molar-refractivity contribution >= 4 is 6.21 Å². The zero-order valence-corrected chi connectivity index (χ0v) is 13.3. The van der Waals surface area contributed by atoms with Gasteiger partial charge in [-0.2, -0.15) is 0 Å². The number of ether oxygens (including phenoxy) is 3. The van der Waals surface area contributed by atoms with Gasteiger partial charge >= 0.3 is 0 Å². The molecule has 0 fully saturated rings. The maximum atomic E-state index is 5.47. The van der Waals surface area contributed by atoms with Crippen LogP contribution in [0.1, 0.15) is 11.1 Å². The third-order valence-electron chi connectivity index (χ3n) is 3.04. The Kier molecular flexibility index (Phi) is 5.25. The number of nitrogens with zero attached hydrogens (tertiary/aromatic N) is 1. The van der Waals surface area contributed by atoms with Crippen molar-refractivity contribution in [3.05, 3.63) is 17.2 Å². The number of benzene rings is 1. The van der Waals surface area contributed by atoms with Gasteiger partial charge in [0.2, 0.25) is 5.75 Å². The van der Waals surface area contributed by atoms with Crippen molar-refractivity contribution in [3.63, 3.8) is 0 Å². The number of halogens is 1. The van der Waals surface area contributed by atoms with Gasteiger partial charge in [0.25, 0.3) is 0 Å². The molecule has 0 saturated heterocycles. The molecule has 1 aliphatic heterocycles. The van der Waals surface area contributed by atoms with E-state index in [0.29, 0.717) is 11.5 Å². The largest absolute Gasteiger partial charge is 1.00 e. The van der Waals surface area contributed by atoms with E-state index in [1.165, 1.54) is 5.56 Å². The standard InChI is InChI=1S/C13H18NO3.HI/c1-14-6-5-10-9(8-14)7-11(15-2)13(17-4)12(10)16-3;/h7-8H,5-6H2,1-4H3;1H/q+1;/p-1. The molecule has 1 aromatic rings. The molecule has 0 aromatic heterocycles. The summed E-state index contributed by atoms with van der Waals surface area (Å²) in [6.45, 7) is 0.985. The first kappa shape index (κ1) is 15.1. The molecule has 0 bridgehead atoms. The van der Waals surface area contributed by atoms with E-state index in [1.54, 1.807) is 21.3 Å². The van der Waals surface area contributed by atoms with Crippen LogP contribution in [0.25, 0.3) is 0 Å². The molecule has 0 aliphatic carbocycles. The van der Waals surface area contributed by atoms with Crippen LogP contribution in [0.3, 0.4) is 0 Å². The Morgan fingerprint density at radius 1 is 1.06 bits per heavy atom. The van der Waals surface area contributed by atoms with Gasteiger partial charge in [0.1, 0.15) is 13.6 Å². The molecule has 18 heavy (non-hydrogen) atoms. The zero-order chi connectivity index (χ0) is 12.4. The van der Waals surface area contributed by atoms with E-state index in [1.807, 2.05) is 6.07 Å². The molecule has 1 aliphatic rings. The van der Waals surface area contributed by atoms with Gasteiger partial charge in [-0.15, -0.1) is 0 Å². The van der Waals surface area contributed by atoms with Gasteiger partial charge in [-0.1, -0.05) is 0 Å². The molecule has 1 heterocycles. The minimum absolute atomic E-state index is 0. The van der Waals surface area contributed by atoms with Crippen LogP contribution in [0.2, 0.25) is 0 Å². The monoisotopic (exact) mass is 363 g/mol. The van der Waals surface area contributed by atoms with Crippen molar-refractivity contribution in [2.45, 2.75) is 6.42 Å². The number of hydrogen-bond donors (Lipinski definition) is 0. The zero-order valence-electron chi connectivity index (χ0n) is 11.1. The molecule has 2 rings (SSSR count). The van der Waals surface area contributed by atoms with Crippen LogP contribution in [0.15, 0.2) is 6.07 Å². The molecule has 1 aromatic carbocycles. The molecule has 0 amide bonds. The molecular weight excluding hydrogens is 345 g/mol. The molecule has 0 saturated carbocycles. The highest BCUT2D eigenvalue weighted by Crippen LogP contribution is 2.42. The second-order valence-corrected chi connectivity index (χ2v) is 4.07. The lowest BCUT2D eigenvalue weighted by Crippen LogP contribution is -3.00. The second-order valence-electron chi connectivity index (χ2n) is 4.07. The van der Waals surface area contributed by atoms with Gasteiger partial charge in [-0.3, -0.25) is 0 Å². The fourth-order valence-electron chi connectivity index (χ4n) is 2.20. The van der Waals surface area contributed by atoms with E-state index >= 15 is 0 Å². The van der Waals surface area contributed by atoms with Gasteiger partial charge in [0, 0.05) is 17.5 Å². The summed E-state index contributed by atoms with van der Waals surface area (Å²) in [5.41, 5.74) is 2.32. The van der Waals surface area contributed by atoms with E-state index in [0.717, 1.165) is 24.3 Å². The topological polar surface area (TPSA) is 30.7 Å². The van der Waals surface area contributed by atoms with Crippen molar-refractivity contribution in [1.29, 1.82) is 0 Å². The average molecular weight is 363 g/mol. The molecule has 0 N–H and O–H groups in total. The predicted molar refractivity (Wildman–Crippen MR) is 66.0 cm³/mol. The van der Waals surface area contributed by atoms with Crippen LogP contribution < -0.4 is 38.2 Å². The van der Waals surface area contributed by atoms with Crippen molar-refractivity contribution < 1.29 is 42.8 Å². The Morgan fingerprint density at radius 2 is 1.72 bits per heavy atom. The van der Waals surface area contributed by atoms with Crippen LogP contribution in [-0.4, -0.2) is 45.7 Å². The Labute approximate surface area is 125 Å². The first-order chi connectivity index (χ1) is 8.21. The van der Waals surface area contributed by atoms with Gasteiger partial charge < -0.3 is 38.2 Å². The lowest BCUT2D eigenvalue weighted by atomic mass is 10.00. The number of likely N-dealkylation sites (N-methyl/N-ethyl adjacent to an activating group) is 1. The fraction of sp³-hybridized carbons (Fsp3) is 0.462. The summed E-state index contributed by atoms with van der Waals surface area (Å²) in [7, 11) is 6.99. The van der Waals surface area contributed by atoms with E-state index in [9.17, 15) is 0 Å². The maximum Gasteiger partial charge on any atom is 0.203 e. The van der Waals surface area contributed by atoms with Gasteiger partial charge in [-0.05, 0) is 6.07 Å². The average Bonchev–Trinajstić information content (AvgIpc) is 2.35. The molecule has 4 nitrogen and oxygen atoms in total. The highest BCUT2D eigenvalue weighted by atomic mass is 127.